The molecular formula is C17H28ClN5O3. The molecule has 0 bridgehead atoms. The molecule has 1 aliphatic carbocycles. The fourth-order valence-electron chi connectivity index (χ4n) is 3.28. The zero-order valence-corrected chi connectivity index (χ0v) is 16.2. The summed E-state index contributed by atoms with van der Waals surface area (Å²) in [5, 5.41) is 4.00. The summed E-state index contributed by atoms with van der Waals surface area (Å²) in [5.41, 5.74) is 6.04. The Morgan fingerprint density at radius 1 is 1.27 bits per heavy atom. The monoisotopic (exact) mass is 385 g/mol. The summed E-state index contributed by atoms with van der Waals surface area (Å²) >= 11 is 0. The molecule has 0 aromatic carbocycles. The molecular weight excluding hydrogens is 358 g/mol. The van der Waals surface area contributed by atoms with Crippen LogP contribution < -0.4 is 5.73 Å². The van der Waals surface area contributed by atoms with E-state index in [4.69, 9.17) is 10.3 Å². The van der Waals surface area contributed by atoms with E-state index in [-0.39, 0.29) is 36.2 Å². The SMILES string of the molecule is CCN(Cc1noc(C2CC2)n1)C(=O)[C@@H]1CC[C@H](N)CN(C(C)=O)C1.Cl. The molecule has 2 fully saturated rings. The van der Waals surface area contributed by atoms with Gasteiger partial charge in [-0.25, -0.2) is 0 Å². The highest BCUT2D eigenvalue weighted by Gasteiger charge is 2.32. The van der Waals surface area contributed by atoms with E-state index in [0.717, 1.165) is 19.3 Å². The maximum absolute atomic E-state index is 13.0. The molecule has 2 heterocycles. The van der Waals surface area contributed by atoms with Crippen molar-refractivity contribution < 1.29 is 14.1 Å². The number of nitrogens with zero attached hydrogens (tertiary/aromatic N) is 4. The van der Waals surface area contributed by atoms with Gasteiger partial charge in [0.2, 0.25) is 17.7 Å². The van der Waals surface area contributed by atoms with Crippen molar-refractivity contribution in [1.29, 1.82) is 0 Å². The molecule has 0 unspecified atom stereocenters. The van der Waals surface area contributed by atoms with Crippen molar-refractivity contribution in [2.75, 3.05) is 19.6 Å². The predicted octanol–water partition coefficient (Wildman–Crippen LogP) is 1.30. The molecule has 1 aromatic rings. The van der Waals surface area contributed by atoms with Crippen LogP contribution in [0.3, 0.4) is 0 Å². The van der Waals surface area contributed by atoms with E-state index in [1.54, 1.807) is 9.80 Å². The lowest BCUT2D eigenvalue weighted by Gasteiger charge is -2.27. The molecule has 1 aromatic heterocycles. The molecule has 2 amide bonds. The maximum atomic E-state index is 13.0. The number of halogens is 1. The molecule has 1 aliphatic heterocycles. The van der Waals surface area contributed by atoms with Crippen LogP contribution in [0.5, 0.6) is 0 Å². The van der Waals surface area contributed by atoms with Crippen molar-refractivity contribution in [2.45, 2.75) is 58.0 Å². The average molecular weight is 386 g/mol. The van der Waals surface area contributed by atoms with Gasteiger partial charge in [0.05, 0.1) is 12.5 Å². The Morgan fingerprint density at radius 2 is 2.00 bits per heavy atom. The second-order valence-corrected chi connectivity index (χ2v) is 7.13. The number of amides is 2. The lowest BCUT2D eigenvalue weighted by molar-refractivity contribution is -0.138. The Bertz CT molecular complexity index is 634. The molecule has 26 heavy (non-hydrogen) atoms. The molecule has 146 valence electrons. The molecule has 3 rings (SSSR count). The highest BCUT2D eigenvalue weighted by atomic mass is 35.5. The van der Waals surface area contributed by atoms with Crippen molar-refractivity contribution in [1.82, 2.24) is 19.9 Å². The maximum Gasteiger partial charge on any atom is 0.229 e. The first-order valence-electron chi connectivity index (χ1n) is 9.10. The minimum absolute atomic E-state index is 0. The zero-order chi connectivity index (χ0) is 18.0. The molecule has 2 N–H and O–H groups in total. The standard InChI is InChI=1S/C17H27N5O3.ClH/c1-3-21(10-15-19-16(25-20-15)12-4-5-12)17(24)13-6-7-14(18)9-22(8-13)11(2)23;/h12-14H,3-10,18H2,1-2H3;1H/t13-,14+;/m1./s1. The topological polar surface area (TPSA) is 106 Å². The van der Waals surface area contributed by atoms with Gasteiger partial charge in [-0.15, -0.1) is 12.4 Å². The summed E-state index contributed by atoms with van der Waals surface area (Å²) < 4.78 is 5.27. The number of aromatic nitrogens is 2. The largest absolute Gasteiger partial charge is 0.341 e. The van der Waals surface area contributed by atoms with E-state index in [1.807, 2.05) is 6.92 Å². The Labute approximate surface area is 159 Å². The highest BCUT2D eigenvalue weighted by Crippen LogP contribution is 2.38. The van der Waals surface area contributed by atoms with Crippen LogP contribution in [-0.4, -0.2) is 57.4 Å². The first-order valence-corrected chi connectivity index (χ1v) is 9.10. The fourth-order valence-corrected chi connectivity index (χ4v) is 3.28. The van der Waals surface area contributed by atoms with Crippen LogP contribution in [0, 0.1) is 5.92 Å². The van der Waals surface area contributed by atoms with Crippen LogP contribution in [0.2, 0.25) is 0 Å². The lowest BCUT2D eigenvalue weighted by atomic mass is 10.0. The summed E-state index contributed by atoms with van der Waals surface area (Å²) in [5.74, 6) is 1.39. The molecule has 2 aliphatic rings. The van der Waals surface area contributed by atoms with Gasteiger partial charge in [-0.05, 0) is 32.6 Å². The number of carbonyl (C=O) groups is 2. The second-order valence-electron chi connectivity index (χ2n) is 7.13. The summed E-state index contributed by atoms with van der Waals surface area (Å²) in [6, 6.07) is -0.0740. The Hall–Kier alpha value is -1.67. The van der Waals surface area contributed by atoms with Gasteiger partial charge in [-0.2, -0.15) is 4.98 Å². The minimum Gasteiger partial charge on any atom is -0.341 e. The van der Waals surface area contributed by atoms with Crippen LogP contribution in [0.25, 0.3) is 0 Å². The molecule has 0 radical (unpaired) electrons. The van der Waals surface area contributed by atoms with E-state index in [0.29, 0.717) is 50.2 Å². The van der Waals surface area contributed by atoms with Crippen LogP contribution in [0.15, 0.2) is 4.52 Å². The quantitative estimate of drug-likeness (QED) is 0.818. The van der Waals surface area contributed by atoms with E-state index >= 15 is 0 Å². The van der Waals surface area contributed by atoms with E-state index in [1.165, 1.54) is 6.92 Å². The highest BCUT2D eigenvalue weighted by molar-refractivity contribution is 5.85. The Kier molecular flexibility index (Phi) is 7.00. The predicted molar refractivity (Wildman–Crippen MR) is 97.6 cm³/mol. The molecule has 8 nitrogen and oxygen atoms in total. The van der Waals surface area contributed by atoms with Crippen molar-refractivity contribution in [3.63, 3.8) is 0 Å². The minimum atomic E-state index is -0.229. The number of likely N-dealkylation sites (tertiary alicyclic amines) is 1. The molecule has 1 saturated heterocycles. The van der Waals surface area contributed by atoms with Crippen LogP contribution in [-0.2, 0) is 16.1 Å². The van der Waals surface area contributed by atoms with Gasteiger partial charge in [-0.3, -0.25) is 9.59 Å². The molecule has 9 heteroatoms. The van der Waals surface area contributed by atoms with E-state index in [9.17, 15) is 9.59 Å². The third-order valence-corrected chi connectivity index (χ3v) is 5.01. The van der Waals surface area contributed by atoms with Crippen molar-refractivity contribution in [3.8, 4) is 0 Å². The first-order chi connectivity index (χ1) is 12.0. The summed E-state index contributed by atoms with van der Waals surface area (Å²) in [7, 11) is 0. The first kappa shape index (κ1) is 20.6. The Balaban J connectivity index is 0.00000243. The third-order valence-electron chi connectivity index (χ3n) is 5.01. The van der Waals surface area contributed by atoms with Gasteiger partial charge in [0, 0.05) is 38.5 Å². The van der Waals surface area contributed by atoms with Gasteiger partial charge in [0.15, 0.2) is 5.82 Å². The number of nitrogens with two attached hydrogens (primary N) is 1. The van der Waals surface area contributed by atoms with Crippen LogP contribution in [0.4, 0.5) is 0 Å². The Morgan fingerprint density at radius 3 is 2.62 bits per heavy atom. The van der Waals surface area contributed by atoms with Gasteiger partial charge >= 0.3 is 0 Å². The summed E-state index contributed by atoms with van der Waals surface area (Å²) in [6.45, 7) is 5.31. The molecule has 1 saturated carbocycles. The molecule has 2 atom stereocenters. The van der Waals surface area contributed by atoms with Gasteiger partial charge in [0.1, 0.15) is 0 Å². The van der Waals surface area contributed by atoms with Crippen molar-refractivity contribution >= 4 is 24.2 Å². The van der Waals surface area contributed by atoms with Crippen LogP contribution >= 0.6 is 12.4 Å². The van der Waals surface area contributed by atoms with Gasteiger partial charge in [-0.1, -0.05) is 5.16 Å². The smallest absolute Gasteiger partial charge is 0.229 e. The zero-order valence-electron chi connectivity index (χ0n) is 15.4. The lowest BCUT2D eigenvalue weighted by Crippen LogP contribution is -2.43. The normalized spacial score (nSPS) is 23.1. The molecule has 0 spiro atoms. The van der Waals surface area contributed by atoms with Gasteiger partial charge in [0.25, 0.3) is 0 Å². The van der Waals surface area contributed by atoms with Crippen LogP contribution in [0.1, 0.15) is 57.2 Å². The second kappa shape index (κ2) is 8.81. The number of carbonyl (C=O) groups excluding carboxylic acids is 2. The third kappa shape index (κ3) is 4.94. The van der Waals surface area contributed by atoms with Gasteiger partial charge < -0.3 is 20.1 Å². The fraction of sp³-hybridized carbons (Fsp3) is 0.765. The number of hydrogen-bond acceptors (Lipinski definition) is 6. The van der Waals surface area contributed by atoms with E-state index < -0.39 is 0 Å². The van der Waals surface area contributed by atoms with Crippen molar-refractivity contribution in [2.24, 2.45) is 11.7 Å². The summed E-state index contributed by atoms with van der Waals surface area (Å²) in [6.07, 6.45) is 3.63. The number of hydrogen-bond donors (Lipinski definition) is 1. The van der Waals surface area contributed by atoms with Crippen molar-refractivity contribution in [3.05, 3.63) is 11.7 Å². The number of rotatable bonds is 5. The van der Waals surface area contributed by atoms with E-state index in [2.05, 4.69) is 10.1 Å². The summed E-state index contributed by atoms with van der Waals surface area (Å²) in [4.78, 5) is 32.6. The average Bonchev–Trinajstić information content (AvgIpc) is 3.36.